The topological polar surface area (TPSA) is 68.6 Å². The number of aromatic nitrogens is 5. The second-order valence-corrected chi connectivity index (χ2v) is 12.2. The summed E-state index contributed by atoms with van der Waals surface area (Å²) in [7, 11) is -1.06. The van der Waals surface area contributed by atoms with Crippen LogP contribution in [-0.2, 0) is 11.5 Å². The van der Waals surface area contributed by atoms with Crippen molar-refractivity contribution in [3.8, 4) is 11.3 Å². The van der Waals surface area contributed by atoms with E-state index in [4.69, 9.17) is 4.74 Å². The molecule has 0 bridgehead atoms. The van der Waals surface area contributed by atoms with E-state index in [9.17, 15) is 0 Å². The van der Waals surface area contributed by atoms with Crippen molar-refractivity contribution in [2.75, 3.05) is 6.61 Å². The Hall–Kier alpha value is -1.99. The molecule has 0 fully saturated rings. The molecule has 0 saturated carbocycles. The fourth-order valence-corrected chi connectivity index (χ4v) is 3.04. The van der Waals surface area contributed by atoms with Crippen molar-refractivity contribution in [2.24, 2.45) is 0 Å². The number of hydrogen-bond acceptors (Lipinski definition) is 4. The maximum Gasteiger partial charge on any atom is 0.145 e. The lowest BCUT2D eigenvalue weighted by atomic mass is 10.2. The van der Waals surface area contributed by atoms with Crippen molar-refractivity contribution in [1.29, 1.82) is 0 Å². The van der Waals surface area contributed by atoms with Gasteiger partial charge in [0.2, 0.25) is 0 Å². The van der Waals surface area contributed by atoms with Gasteiger partial charge in [-0.15, -0.1) is 0 Å². The summed E-state index contributed by atoms with van der Waals surface area (Å²) in [5.41, 5.74) is 2.88. The van der Waals surface area contributed by atoms with E-state index in [1.165, 1.54) is 0 Å². The molecule has 0 aliphatic heterocycles. The molecule has 0 aliphatic carbocycles. The van der Waals surface area contributed by atoms with Crippen LogP contribution in [0.2, 0.25) is 25.7 Å². The summed E-state index contributed by atoms with van der Waals surface area (Å²) in [6.45, 7) is 8.35. The van der Waals surface area contributed by atoms with Crippen LogP contribution in [0.1, 0.15) is 0 Å². The molecule has 6 nitrogen and oxygen atoms in total. The largest absolute Gasteiger partial charge is 0.361 e. The first-order valence-corrected chi connectivity index (χ1v) is 11.1. The van der Waals surface area contributed by atoms with Gasteiger partial charge in [-0.3, -0.25) is 0 Å². The van der Waals surface area contributed by atoms with Gasteiger partial charge in [-0.2, -0.15) is 0 Å². The number of hydrogen-bond donors (Lipinski definition) is 1. The quantitative estimate of drug-likeness (QED) is 0.560. The van der Waals surface area contributed by atoms with Gasteiger partial charge in [0.05, 0.1) is 18.2 Å². The number of fused-ring (bicyclic) bond motifs is 1. The first-order chi connectivity index (χ1) is 10.5. The van der Waals surface area contributed by atoms with Gasteiger partial charge in [0.1, 0.15) is 18.7 Å². The average Bonchev–Trinajstić information content (AvgIpc) is 3.10. The van der Waals surface area contributed by atoms with Gasteiger partial charge in [0.25, 0.3) is 0 Å². The fourth-order valence-electron chi connectivity index (χ4n) is 2.29. The van der Waals surface area contributed by atoms with Crippen LogP contribution in [0.5, 0.6) is 0 Å². The zero-order chi connectivity index (χ0) is 15.6. The molecule has 0 amide bonds. The van der Waals surface area contributed by atoms with Gasteiger partial charge in [-0.05, 0) is 6.04 Å². The Morgan fingerprint density at radius 1 is 1.23 bits per heavy atom. The Labute approximate surface area is 130 Å². The summed E-state index contributed by atoms with van der Waals surface area (Å²) >= 11 is 0. The minimum Gasteiger partial charge on any atom is -0.361 e. The van der Waals surface area contributed by atoms with E-state index < -0.39 is 8.07 Å². The zero-order valence-corrected chi connectivity index (χ0v) is 14.2. The summed E-state index contributed by atoms with van der Waals surface area (Å²) in [5.74, 6) is 0. The normalized spacial score (nSPS) is 12.1. The highest BCUT2D eigenvalue weighted by atomic mass is 28.3. The number of rotatable bonds is 6. The summed E-state index contributed by atoms with van der Waals surface area (Å²) in [4.78, 5) is 15.7. The highest BCUT2D eigenvalue weighted by Gasteiger charge is 2.14. The molecule has 0 atom stereocenters. The highest BCUT2D eigenvalue weighted by molar-refractivity contribution is 6.76. The number of nitrogens with zero attached hydrogens (tertiary/aromatic N) is 4. The lowest BCUT2D eigenvalue weighted by Gasteiger charge is -2.15. The smallest absolute Gasteiger partial charge is 0.145 e. The fraction of sp³-hybridized carbons (Fsp3) is 0.400. The first-order valence-electron chi connectivity index (χ1n) is 7.40. The molecule has 0 unspecified atom stereocenters. The predicted octanol–water partition coefficient (Wildman–Crippen LogP) is 3.13. The molecule has 3 aromatic heterocycles. The molecule has 0 aliphatic rings. The molecule has 0 radical (unpaired) electrons. The molecule has 0 aromatic carbocycles. The molecule has 7 heteroatoms. The molecule has 3 aromatic rings. The minimum absolute atomic E-state index is 0.506. The molecule has 22 heavy (non-hydrogen) atoms. The van der Waals surface area contributed by atoms with E-state index in [2.05, 4.69) is 39.6 Å². The van der Waals surface area contributed by atoms with E-state index in [-0.39, 0.29) is 0 Å². The second-order valence-electron chi connectivity index (χ2n) is 6.59. The van der Waals surface area contributed by atoms with E-state index in [0.717, 1.165) is 34.9 Å². The summed E-state index contributed by atoms with van der Waals surface area (Å²) in [5, 5.41) is 1.00. The van der Waals surface area contributed by atoms with Crippen LogP contribution in [-0.4, -0.2) is 39.2 Å². The van der Waals surface area contributed by atoms with E-state index in [0.29, 0.717) is 6.73 Å². The predicted molar refractivity (Wildman–Crippen MR) is 89.2 cm³/mol. The molecular formula is C15H21N5OSi. The van der Waals surface area contributed by atoms with Crippen LogP contribution < -0.4 is 0 Å². The van der Waals surface area contributed by atoms with Gasteiger partial charge >= 0.3 is 0 Å². The van der Waals surface area contributed by atoms with Crippen LogP contribution in [0.4, 0.5) is 0 Å². The third-order valence-electron chi connectivity index (χ3n) is 3.55. The van der Waals surface area contributed by atoms with Crippen LogP contribution in [0.25, 0.3) is 22.3 Å². The van der Waals surface area contributed by atoms with Gasteiger partial charge < -0.3 is 14.3 Å². The number of imidazole rings is 1. The Kier molecular flexibility index (Phi) is 4.08. The molecule has 3 heterocycles. The lowest BCUT2D eigenvalue weighted by Crippen LogP contribution is -2.22. The average molecular weight is 315 g/mol. The van der Waals surface area contributed by atoms with Crippen molar-refractivity contribution < 1.29 is 4.74 Å². The van der Waals surface area contributed by atoms with E-state index in [1.54, 1.807) is 18.9 Å². The standard InChI is InChI=1S/C15H21N5OSi/c1-22(2,3)5-4-21-11-20-8-13(14-7-17-9-18-14)12-6-16-10-19-15(12)20/h6-10H,4-5,11H2,1-3H3,(H,17,18). The highest BCUT2D eigenvalue weighted by Crippen LogP contribution is 2.27. The van der Waals surface area contributed by atoms with Crippen LogP contribution in [0.3, 0.4) is 0 Å². The van der Waals surface area contributed by atoms with Crippen LogP contribution >= 0.6 is 0 Å². The van der Waals surface area contributed by atoms with Gasteiger partial charge in [0, 0.05) is 38.0 Å². The number of ether oxygens (including phenoxy) is 1. The van der Waals surface area contributed by atoms with Crippen molar-refractivity contribution in [2.45, 2.75) is 32.4 Å². The van der Waals surface area contributed by atoms with Crippen molar-refractivity contribution in [3.63, 3.8) is 0 Å². The monoisotopic (exact) mass is 315 g/mol. The maximum atomic E-state index is 5.85. The lowest BCUT2D eigenvalue weighted by molar-refractivity contribution is 0.0899. The molecule has 3 rings (SSSR count). The number of aromatic amines is 1. The molecule has 116 valence electrons. The first kappa shape index (κ1) is 14.9. The van der Waals surface area contributed by atoms with Crippen molar-refractivity contribution in [3.05, 3.63) is 31.2 Å². The minimum atomic E-state index is -1.06. The van der Waals surface area contributed by atoms with E-state index >= 15 is 0 Å². The number of nitrogens with one attached hydrogen (secondary N) is 1. The molecule has 0 saturated heterocycles. The number of H-pyrrole nitrogens is 1. The van der Waals surface area contributed by atoms with Crippen LogP contribution in [0.15, 0.2) is 31.2 Å². The van der Waals surface area contributed by atoms with Crippen molar-refractivity contribution in [1.82, 2.24) is 24.5 Å². The molecular weight excluding hydrogens is 294 g/mol. The Morgan fingerprint density at radius 3 is 2.82 bits per heavy atom. The van der Waals surface area contributed by atoms with Gasteiger partial charge in [-0.25, -0.2) is 15.0 Å². The van der Waals surface area contributed by atoms with E-state index in [1.807, 2.05) is 17.0 Å². The van der Waals surface area contributed by atoms with Gasteiger partial charge in [-0.1, -0.05) is 19.6 Å². The second kappa shape index (κ2) is 6.02. The maximum absolute atomic E-state index is 5.85. The third-order valence-corrected chi connectivity index (χ3v) is 5.26. The Balaban J connectivity index is 1.81. The van der Waals surface area contributed by atoms with Crippen molar-refractivity contribution >= 4 is 19.1 Å². The third kappa shape index (κ3) is 3.25. The summed E-state index contributed by atoms with van der Waals surface area (Å²) in [6.07, 6.45) is 8.92. The Bertz CT molecular complexity index is 745. The Morgan fingerprint density at radius 2 is 2.09 bits per heavy atom. The van der Waals surface area contributed by atoms with Gasteiger partial charge in [0.15, 0.2) is 0 Å². The summed E-state index contributed by atoms with van der Waals surface area (Å²) < 4.78 is 7.87. The summed E-state index contributed by atoms with van der Waals surface area (Å²) in [6, 6.07) is 1.16. The van der Waals surface area contributed by atoms with Crippen LogP contribution in [0, 0.1) is 0 Å². The molecule has 0 spiro atoms. The molecule has 1 N–H and O–H groups in total. The SMILES string of the molecule is C[Si](C)(C)CCOCn1cc(-c2cnc[nH]2)c2cncnc21. The zero-order valence-electron chi connectivity index (χ0n) is 13.2.